The number of sulfonamides is 1. The topological polar surface area (TPSA) is 69.7 Å². The summed E-state index contributed by atoms with van der Waals surface area (Å²) < 4.78 is 65.9. The summed E-state index contributed by atoms with van der Waals surface area (Å²) in [7, 11) is -4.27. The number of halogens is 3. The maximum atomic E-state index is 13.1. The molecule has 0 saturated carbocycles. The number of piperazine rings is 1. The van der Waals surface area contributed by atoms with Gasteiger partial charge in [-0.2, -0.15) is 17.5 Å². The second-order valence-electron chi connectivity index (χ2n) is 6.00. The minimum absolute atomic E-state index is 0.0261. The smallest absolute Gasteiger partial charge is 0.355 e. The average Bonchev–Trinajstić information content (AvgIpc) is 2.60. The van der Waals surface area contributed by atoms with Crippen LogP contribution < -0.4 is 5.32 Å². The first kappa shape index (κ1) is 20.7. The third kappa shape index (κ3) is 4.36. The van der Waals surface area contributed by atoms with E-state index in [1.54, 1.807) is 13.8 Å². The molecular weight excluding hydrogens is 371 g/mol. The van der Waals surface area contributed by atoms with Crippen LogP contribution in [0.15, 0.2) is 29.2 Å². The maximum absolute atomic E-state index is 13.1. The van der Waals surface area contributed by atoms with Crippen LogP contribution in [0.5, 0.6) is 0 Å². The number of hydrogen-bond acceptors (Lipinski definition) is 4. The van der Waals surface area contributed by atoms with Crippen LogP contribution in [0.1, 0.15) is 19.4 Å². The molecule has 1 aliphatic heterocycles. The van der Waals surface area contributed by atoms with Crippen molar-refractivity contribution in [1.29, 1.82) is 0 Å². The molecule has 1 N–H and O–H groups in total. The fourth-order valence-corrected chi connectivity index (χ4v) is 4.52. The summed E-state index contributed by atoms with van der Waals surface area (Å²) in [5.74, 6) is -0.161. The molecule has 10 heteroatoms. The Labute approximate surface area is 151 Å². The molecule has 1 aromatic rings. The van der Waals surface area contributed by atoms with E-state index >= 15 is 0 Å². The van der Waals surface area contributed by atoms with Crippen LogP contribution in [0.25, 0.3) is 0 Å². The van der Waals surface area contributed by atoms with Gasteiger partial charge >= 0.3 is 6.18 Å². The van der Waals surface area contributed by atoms with Gasteiger partial charge in [-0.05, 0) is 26.0 Å². The average molecular weight is 393 g/mol. The van der Waals surface area contributed by atoms with Gasteiger partial charge in [0.2, 0.25) is 15.9 Å². The molecule has 6 nitrogen and oxygen atoms in total. The van der Waals surface area contributed by atoms with Crippen molar-refractivity contribution in [1.82, 2.24) is 14.5 Å². The number of alkyl halides is 3. The van der Waals surface area contributed by atoms with E-state index in [4.69, 9.17) is 0 Å². The standard InChI is InChI=1S/C16H22F3N3O3S/c1-3-20-15(23)12(2)21-8-10-22(11-9-21)26(24,25)14-7-5-4-6-13(14)16(17,18)19/h4-7,12H,3,8-11H2,1-2H3,(H,20,23)/t12-/m1/s1. The fraction of sp³-hybridized carbons (Fsp3) is 0.562. The van der Waals surface area contributed by atoms with Crippen LogP contribution in [0.4, 0.5) is 13.2 Å². The predicted molar refractivity (Wildman–Crippen MR) is 89.9 cm³/mol. The molecule has 146 valence electrons. The number of likely N-dealkylation sites (N-methyl/N-ethyl adjacent to an activating group) is 1. The number of nitrogens with zero attached hydrogens (tertiary/aromatic N) is 2. The van der Waals surface area contributed by atoms with Crippen LogP contribution >= 0.6 is 0 Å². The highest BCUT2D eigenvalue weighted by Crippen LogP contribution is 2.35. The van der Waals surface area contributed by atoms with Crippen LogP contribution in [0, 0.1) is 0 Å². The Hall–Kier alpha value is -1.65. The van der Waals surface area contributed by atoms with E-state index in [2.05, 4.69) is 5.32 Å². The summed E-state index contributed by atoms with van der Waals surface area (Å²) >= 11 is 0. The molecular formula is C16H22F3N3O3S. The molecule has 0 radical (unpaired) electrons. The van der Waals surface area contributed by atoms with Crippen molar-refractivity contribution in [3.8, 4) is 0 Å². The molecule has 2 rings (SSSR count). The van der Waals surface area contributed by atoms with E-state index in [0.717, 1.165) is 22.5 Å². The highest BCUT2D eigenvalue weighted by molar-refractivity contribution is 7.89. The minimum atomic E-state index is -4.75. The lowest BCUT2D eigenvalue weighted by molar-refractivity contribution is -0.140. The van der Waals surface area contributed by atoms with Gasteiger partial charge in [-0.15, -0.1) is 0 Å². The Morgan fingerprint density at radius 2 is 1.77 bits per heavy atom. The van der Waals surface area contributed by atoms with Crippen LogP contribution in [-0.4, -0.2) is 62.3 Å². The Morgan fingerprint density at radius 1 is 1.19 bits per heavy atom. The molecule has 1 amide bonds. The van der Waals surface area contributed by atoms with Gasteiger partial charge in [-0.25, -0.2) is 8.42 Å². The van der Waals surface area contributed by atoms with Gasteiger partial charge in [-0.1, -0.05) is 12.1 Å². The third-order valence-electron chi connectivity index (χ3n) is 4.36. The monoisotopic (exact) mass is 393 g/mol. The molecule has 0 aromatic heterocycles. The molecule has 0 unspecified atom stereocenters. The highest BCUT2D eigenvalue weighted by Gasteiger charge is 2.40. The number of carbonyl (C=O) groups is 1. The van der Waals surface area contributed by atoms with Gasteiger partial charge in [0.15, 0.2) is 0 Å². The Balaban J connectivity index is 2.16. The normalized spacial score (nSPS) is 18.5. The first-order chi connectivity index (χ1) is 12.1. The van der Waals surface area contributed by atoms with E-state index in [9.17, 15) is 26.4 Å². The molecule has 1 heterocycles. The first-order valence-electron chi connectivity index (χ1n) is 8.27. The number of carbonyl (C=O) groups excluding carboxylic acids is 1. The Bertz CT molecular complexity index is 745. The summed E-state index contributed by atoms with van der Waals surface area (Å²) in [5.41, 5.74) is -1.17. The van der Waals surface area contributed by atoms with Crippen LogP contribution in [0.3, 0.4) is 0 Å². The second kappa shape index (κ2) is 7.93. The minimum Gasteiger partial charge on any atom is -0.355 e. The summed E-state index contributed by atoms with van der Waals surface area (Å²) in [6.07, 6.45) is -4.75. The van der Waals surface area contributed by atoms with Crippen molar-refractivity contribution >= 4 is 15.9 Å². The lowest BCUT2D eigenvalue weighted by atomic mass is 10.2. The summed E-state index contributed by atoms with van der Waals surface area (Å²) in [6.45, 7) is 4.60. The molecule has 26 heavy (non-hydrogen) atoms. The van der Waals surface area contributed by atoms with Gasteiger partial charge in [0.25, 0.3) is 0 Å². The molecule has 1 aromatic carbocycles. The number of benzene rings is 1. The molecule has 0 spiro atoms. The summed E-state index contributed by atoms with van der Waals surface area (Å²) in [4.78, 5) is 13.0. The van der Waals surface area contributed by atoms with E-state index in [-0.39, 0.29) is 32.1 Å². The van der Waals surface area contributed by atoms with Gasteiger partial charge in [-0.3, -0.25) is 9.69 Å². The van der Waals surface area contributed by atoms with Crippen molar-refractivity contribution in [3.05, 3.63) is 29.8 Å². The van der Waals surface area contributed by atoms with Crippen molar-refractivity contribution in [3.63, 3.8) is 0 Å². The molecule has 1 saturated heterocycles. The molecule has 1 fully saturated rings. The Morgan fingerprint density at radius 3 is 2.31 bits per heavy atom. The Kier molecular flexibility index (Phi) is 6.30. The SMILES string of the molecule is CCNC(=O)[C@@H](C)N1CCN(S(=O)(=O)c2ccccc2C(F)(F)F)CC1. The van der Waals surface area contributed by atoms with Gasteiger partial charge in [0.1, 0.15) is 0 Å². The largest absolute Gasteiger partial charge is 0.417 e. The third-order valence-corrected chi connectivity index (χ3v) is 6.32. The first-order valence-corrected chi connectivity index (χ1v) is 9.71. The summed E-state index contributed by atoms with van der Waals surface area (Å²) in [5, 5.41) is 2.70. The maximum Gasteiger partial charge on any atom is 0.417 e. The van der Waals surface area contributed by atoms with E-state index in [0.29, 0.717) is 6.54 Å². The number of nitrogens with one attached hydrogen (secondary N) is 1. The number of rotatable bonds is 5. The van der Waals surface area contributed by atoms with Crippen molar-refractivity contribution in [2.24, 2.45) is 0 Å². The predicted octanol–water partition coefficient (Wildman–Crippen LogP) is 1.54. The molecule has 0 bridgehead atoms. The van der Waals surface area contributed by atoms with Gasteiger partial charge in [0, 0.05) is 32.7 Å². The van der Waals surface area contributed by atoms with Crippen LogP contribution in [0.2, 0.25) is 0 Å². The lowest BCUT2D eigenvalue weighted by Gasteiger charge is -2.37. The zero-order valence-electron chi connectivity index (χ0n) is 14.6. The number of amides is 1. The van der Waals surface area contributed by atoms with Gasteiger partial charge < -0.3 is 5.32 Å². The van der Waals surface area contributed by atoms with E-state index < -0.39 is 32.7 Å². The van der Waals surface area contributed by atoms with E-state index in [1.807, 2.05) is 4.90 Å². The highest BCUT2D eigenvalue weighted by atomic mass is 32.2. The zero-order chi connectivity index (χ0) is 19.5. The van der Waals surface area contributed by atoms with E-state index in [1.165, 1.54) is 6.07 Å². The quantitative estimate of drug-likeness (QED) is 0.824. The fourth-order valence-electron chi connectivity index (χ4n) is 2.88. The van der Waals surface area contributed by atoms with Crippen molar-refractivity contribution in [2.75, 3.05) is 32.7 Å². The molecule has 1 aliphatic rings. The number of hydrogen-bond donors (Lipinski definition) is 1. The second-order valence-corrected chi connectivity index (χ2v) is 7.91. The van der Waals surface area contributed by atoms with Crippen molar-refractivity contribution in [2.45, 2.75) is 31.0 Å². The molecule has 0 aliphatic carbocycles. The van der Waals surface area contributed by atoms with Crippen molar-refractivity contribution < 1.29 is 26.4 Å². The molecule has 1 atom stereocenters. The zero-order valence-corrected chi connectivity index (χ0v) is 15.4. The lowest BCUT2D eigenvalue weighted by Crippen LogP contribution is -2.54. The van der Waals surface area contributed by atoms with Gasteiger partial charge in [0.05, 0.1) is 16.5 Å². The van der Waals surface area contributed by atoms with Crippen LogP contribution in [-0.2, 0) is 21.0 Å². The summed E-state index contributed by atoms with van der Waals surface area (Å²) in [6, 6.07) is 3.74.